The van der Waals surface area contributed by atoms with E-state index in [2.05, 4.69) is 127 Å². The molecule has 19 rings (SSSR count). The van der Waals surface area contributed by atoms with Gasteiger partial charge in [-0.2, -0.15) is 15.0 Å². The zero-order valence-electron chi connectivity index (χ0n) is 64.8. The fourth-order valence-corrected chi connectivity index (χ4v) is 14.4. The van der Waals surface area contributed by atoms with Gasteiger partial charge < -0.3 is 45.7 Å². The number of rotatable bonds is 25. The van der Waals surface area contributed by atoms with Crippen molar-refractivity contribution >= 4 is 46.4 Å². The molecule has 592 valence electrons. The van der Waals surface area contributed by atoms with E-state index in [0.29, 0.717) is 104 Å². The Morgan fingerprint density at radius 1 is 0.393 bits per heavy atom. The first-order valence-electron chi connectivity index (χ1n) is 38.5. The van der Waals surface area contributed by atoms with Crippen molar-refractivity contribution in [3.8, 4) is 103 Å². The van der Waals surface area contributed by atoms with E-state index >= 15 is 0 Å². The van der Waals surface area contributed by atoms with Gasteiger partial charge in [0.1, 0.15) is 34.8 Å². The van der Waals surface area contributed by atoms with E-state index in [4.69, 9.17) is 78.8 Å². The highest BCUT2D eigenvalue weighted by atomic mass is 35.5. The Balaban J connectivity index is 0.000000117. The summed E-state index contributed by atoms with van der Waals surface area (Å²) in [5, 5.41) is 41.2. The van der Waals surface area contributed by atoms with Crippen molar-refractivity contribution in [2.45, 2.75) is 127 Å². The van der Waals surface area contributed by atoms with Crippen LogP contribution in [0.2, 0.25) is 20.1 Å². The molecule has 3 atom stereocenters. The molecule has 0 spiro atoms. The molecule has 3 fully saturated rings. The van der Waals surface area contributed by atoms with Crippen molar-refractivity contribution in [2.24, 2.45) is 7.05 Å². The third-order valence-corrected chi connectivity index (χ3v) is 21.2. The monoisotopic (exact) mass is 1640 g/mol. The van der Waals surface area contributed by atoms with Crippen molar-refractivity contribution < 1.29 is 27.5 Å². The van der Waals surface area contributed by atoms with Crippen LogP contribution in [0.5, 0.6) is 11.5 Å². The number of imidazole rings is 2. The predicted octanol–water partition coefficient (Wildman–Crippen LogP) is 20.0. The van der Waals surface area contributed by atoms with Crippen LogP contribution >= 0.6 is 46.4 Å². The van der Waals surface area contributed by atoms with Crippen molar-refractivity contribution in [2.75, 3.05) is 14.2 Å². The van der Waals surface area contributed by atoms with Crippen LogP contribution < -0.4 is 9.47 Å². The molecule has 3 saturated carbocycles. The van der Waals surface area contributed by atoms with E-state index in [9.17, 15) is 0 Å². The topological polar surface area (TPSA) is 297 Å². The van der Waals surface area contributed by atoms with E-state index in [-0.39, 0.29) is 17.8 Å². The second-order valence-electron chi connectivity index (χ2n) is 29.0. The molecule has 0 radical (unpaired) electrons. The van der Waals surface area contributed by atoms with E-state index in [1.54, 1.807) is 39.0 Å². The summed E-state index contributed by atoms with van der Waals surface area (Å²) in [6.07, 6.45) is 21.5. The molecule has 1 unspecified atom stereocenters. The lowest BCUT2D eigenvalue weighted by atomic mass is 10.1. The molecule has 30 heteroatoms. The number of aryl methyl sites for hydroxylation is 2. The average Bonchev–Trinajstić information content (AvgIpc) is 1.64. The first-order chi connectivity index (χ1) is 57.1. The molecular weight excluding hydrogens is 1560 g/mol. The second kappa shape index (κ2) is 35.8. The smallest absolute Gasteiger partial charge is 0.247 e. The molecule has 26 nitrogen and oxygen atoms in total. The van der Waals surface area contributed by atoms with E-state index in [0.717, 1.165) is 135 Å². The lowest BCUT2D eigenvalue weighted by Gasteiger charge is -2.11. The van der Waals surface area contributed by atoms with Gasteiger partial charge in [0.05, 0.1) is 14.2 Å². The first-order valence-corrected chi connectivity index (χ1v) is 40.1. The van der Waals surface area contributed by atoms with Crippen molar-refractivity contribution in [1.29, 1.82) is 0 Å². The van der Waals surface area contributed by atoms with Crippen molar-refractivity contribution in [3.05, 3.63) is 274 Å². The molecule has 3 aliphatic carbocycles. The minimum Gasteiger partial charge on any atom is -0.497 e. The quantitative estimate of drug-likeness (QED) is 0.0513. The fourth-order valence-electron chi connectivity index (χ4n) is 13.7. The third-order valence-electron chi connectivity index (χ3n) is 20.3. The van der Waals surface area contributed by atoms with Gasteiger partial charge in [-0.1, -0.05) is 125 Å². The number of nitrogens with zero attached hydrogens (tertiary/aromatic N) is 20. The zero-order chi connectivity index (χ0) is 80.5. The van der Waals surface area contributed by atoms with Crippen LogP contribution in [0.1, 0.15) is 142 Å². The van der Waals surface area contributed by atoms with Gasteiger partial charge in [0.25, 0.3) is 0 Å². The number of benzene rings is 6. The highest BCUT2D eigenvalue weighted by molar-refractivity contribution is 6.31. The summed E-state index contributed by atoms with van der Waals surface area (Å²) in [7, 11) is 5.35. The number of hydrogen-bond acceptors (Lipinski definition) is 22. The van der Waals surface area contributed by atoms with E-state index < -0.39 is 0 Å². The molecule has 0 saturated heterocycles. The maximum absolute atomic E-state index is 6.07. The van der Waals surface area contributed by atoms with E-state index in [1.165, 1.54) is 18.5 Å². The van der Waals surface area contributed by atoms with Gasteiger partial charge in [-0.15, -0.1) is 30.6 Å². The molecule has 0 amide bonds. The number of aromatic nitrogens is 20. The van der Waals surface area contributed by atoms with Gasteiger partial charge in [-0.05, 0) is 172 Å². The molecule has 10 heterocycles. The van der Waals surface area contributed by atoms with Crippen molar-refractivity contribution in [1.82, 2.24) is 99.2 Å². The lowest BCUT2D eigenvalue weighted by molar-refractivity contribution is 0.356. The predicted molar refractivity (Wildman–Crippen MR) is 443 cm³/mol. The molecule has 16 aromatic rings. The Morgan fingerprint density at radius 2 is 0.803 bits per heavy atom. The average molecular weight is 1640 g/mol. The van der Waals surface area contributed by atoms with Gasteiger partial charge in [-0.25, -0.2) is 9.97 Å². The normalized spacial score (nSPS) is 13.8. The summed E-state index contributed by atoms with van der Waals surface area (Å²) >= 11 is 24.3. The number of ether oxygens (including phenoxy) is 2. The maximum atomic E-state index is 6.07. The summed E-state index contributed by atoms with van der Waals surface area (Å²) in [5.74, 6) is 11.8. The summed E-state index contributed by atoms with van der Waals surface area (Å²) in [6, 6.07) is 54.9. The third kappa shape index (κ3) is 19.0. The number of halogens is 4. The van der Waals surface area contributed by atoms with Crippen LogP contribution in [0.15, 0.2) is 225 Å². The molecule has 3 aliphatic rings. The Hall–Kier alpha value is -12.4. The minimum absolute atomic E-state index is 0.0161. The van der Waals surface area contributed by atoms with Gasteiger partial charge in [0.15, 0.2) is 11.6 Å². The van der Waals surface area contributed by atoms with Crippen LogP contribution in [-0.4, -0.2) is 113 Å². The Labute approximate surface area is 693 Å². The van der Waals surface area contributed by atoms with Crippen LogP contribution in [0.3, 0.4) is 0 Å². The van der Waals surface area contributed by atoms with Gasteiger partial charge >= 0.3 is 0 Å². The maximum Gasteiger partial charge on any atom is 0.247 e. The molecule has 117 heavy (non-hydrogen) atoms. The van der Waals surface area contributed by atoms with Crippen LogP contribution in [-0.2, 0) is 39.2 Å². The SMILES string of the molecule is COc1ccc(-c2ncc(CC(C)c3nc(-c4cccc(Cl)c4)no3)n2C)cc1.COc1ccc(-c2ncc(CCc3nc(-c4cccc(Cl)c4)no3)n2C2CC2)cc1.C[C@@H](Cc1nnc(-c2ccncc2)n1C1CC1)c1nc(-c2cccc(Cl)c2)no1.C[C@H](Cc1nnc(-c2ccncc2)n1C1CC1)c1nnc(-c2cccc(Cl)c2)o1. The Morgan fingerprint density at radius 3 is 1.28 bits per heavy atom. The number of hydrogen-bond donors (Lipinski definition) is 0. The lowest BCUT2D eigenvalue weighted by Crippen LogP contribution is -2.08. The summed E-state index contributed by atoms with van der Waals surface area (Å²) < 4.78 is 41.9. The molecule has 0 bridgehead atoms. The highest BCUT2D eigenvalue weighted by Crippen LogP contribution is 2.43. The number of methoxy groups -OCH3 is 2. The van der Waals surface area contributed by atoms with Crippen molar-refractivity contribution in [3.63, 3.8) is 0 Å². The Bertz CT molecular complexity index is 5830. The van der Waals surface area contributed by atoms with Gasteiger partial charge in [0, 0.05) is 182 Å². The standard InChI is InChI=1S/C23H21ClN4O2.C22H21ClN4O2.2C21H19ClN6O/c1-29-20-10-5-15(6-11-20)23-25-14-19(28(23)18-7-8-18)9-12-21-26-22(27-30-21)16-3-2-4-17(24)13-16;1-14(22-25-20(26-29-22)16-5-4-6-17(23)12-16)11-18-13-24-21(27(18)2)15-7-9-19(28-3)10-8-15;1-13(21-24-19(27-29-21)15-3-2-4-16(22)12-15)11-18-25-26-20(28(18)17-5-6-17)14-7-9-23-10-8-14;1-13(20-26-27-21(29-20)15-3-2-4-16(22)12-15)11-18-24-25-19(28(18)17-5-6-17)14-7-9-23-10-8-14/h2-6,10-11,13-14,18H,7-9,12H2,1H3;4-10,12-14H,11H2,1-3H3;2*2-4,7-10,12-13,17H,5-6,11H2,1H3/t;;2*13-/m..01/s1. The molecule has 0 N–H and O–H groups in total. The van der Waals surface area contributed by atoms with Gasteiger partial charge in [0.2, 0.25) is 46.9 Å². The first kappa shape index (κ1) is 78.5. The van der Waals surface area contributed by atoms with Gasteiger partial charge in [-0.3, -0.25) is 9.97 Å². The van der Waals surface area contributed by atoms with Crippen LogP contribution in [0, 0.1) is 0 Å². The highest BCUT2D eigenvalue weighted by Gasteiger charge is 2.34. The molecule has 6 aromatic carbocycles. The molecule has 10 aromatic heterocycles. The zero-order valence-corrected chi connectivity index (χ0v) is 67.8. The second-order valence-corrected chi connectivity index (χ2v) is 30.8. The molecule has 0 aliphatic heterocycles. The van der Waals surface area contributed by atoms with E-state index in [1.807, 2.05) is 177 Å². The van der Waals surface area contributed by atoms with Crippen LogP contribution in [0.4, 0.5) is 0 Å². The fraction of sp³-hybridized carbons (Fsp3) is 0.264. The number of pyridine rings is 2. The molecular formula is C87H80Cl4N20O6. The summed E-state index contributed by atoms with van der Waals surface area (Å²) in [6.45, 7) is 6.19. The largest absolute Gasteiger partial charge is 0.497 e. The minimum atomic E-state index is 0.0161. The van der Waals surface area contributed by atoms with Crippen LogP contribution in [0.25, 0.3) is 91.2 Å². The Kier molecular flexibility index (Phi) is 24.0. The summed E-state index contributed by atoms with van der Waals surface area (Å²) in [4.78, 5) is 31.2. The summed E-state index contributed by atoms with van der Waals surface area (Å²) in [5.41, 5.74) is 9.79.